The molecule has 0 fully saturated rings. The first-order valence-corrected chi connectivity index (χ1v) is 10.3. The van der Waals surface area contributed by atoms with E-state index in [0.717, 1.165) is 16.9 Å². The molecule has 0 bridgehead atoms. The van der Waals surface area contributed by atoms with E-state index in [-0.39, 0.29) is 12.5 Å². The van der Waals surface area contributed by atoms with Crippen molar-refractivity contribution in [2.75, 3.05) is 4.90 Å². The summed E-state index contributed by atoms with van der Waals surface area (Å²) >= 11 is 6.34. The minimum Gasteiger partial charge on any atom is -0.356 e. The third-order valence-electron chi connectivity index (χ3n) is 5.22. The number of rotatable bonds is 4. The zero-order chi connectivity index (χ0) is 21.4. The fourth-order valence-corrected chi connectivity index (χ4v) is 3.97. The zero-order valence-corrected chi connectivity index (χ0v) is 17.5. The van der Waals surface area contributed by atoms with E-state index in [9.17, 15) is 4.79 Å². The van der Waals surface area contributed by atoms with E-state index in [1.165, 1.54) is 0 Å². The van der Waals surface area contributed by atoms with Crippen LogP contribution in [0, 0.1) is 6.92 Å². The fraction of sp³-hybridized carbons (Fsp3) is 0.125. The largest absolute Gasteiger partial charge is 0.356 e. The minimum atomic E-state index is -0.937. The minimum absolute atomic E-state index is 0.253. The van der Waals surface area contributed by atoms with Crippen molar-refractivity contribution in [1.29, 1.82) is 0 Å². The van der Waals surface area contributed by atoms with Crippen LogP contribution in [-0.4, -0.2) is 20.7 Å². The molecular weight excluding hydrogens is 412 g/mol. The number of aryl methyl sites for hydroxylation is 1. The number of aromatic nitrogens is 3. The molecule has 5 rings (SSSR count). The van der Waals surface area contributed by atoms with Gasteiger partial charge in [0.15, 0.2) is 11.9 Å². The Morgan fingerprint density at radius 3 is 2.39 bits per heavy atom. The van der Waals surface area contributed by atoms with Crippen LogP contribution in [0.3, 0.4) is 0 Å². The van der Waals surface area contributed by atoms with Gasteiger partial charge in [-0.3, -0.25) is 14.3 Å². The Labute approximate surface area is 184 Å². The second-order valence-corrected chi connectivity index (χ2v) is 7.70. The fourth-order valence-electron chi connectivity index (χ4n) is 3.80. The molecule has 1 aliphatic rings. The molecule has 154 valence electrons. The molecule has 6 nitrogen and oxygen atoms in total. The van der Waals surface area contributed by atoms with Gasteiger partial charge in [-0.2, -0.15) is 0 Å². The van der Waals surface area contributed by atoms with Gasteiger partial charge in [-0.15, -0.1) is 10.2 Å². The highest BCUT2D eigenvalue weighted by molar-refractivity contribution is 6.31. The van der Waals surface area contributed by atoms with Gasteiger partial charge in [0.25, 0.3) is 5.91 Å². The van der Waals surface area contributed by atoms with Gasteiger partial charge in [0.05, 0.1) is 18.0 Å². The molecule has 1 atom stereocenters. The Hall–Kier alpha value is -3.48. The number of halogens is 1. The van der Waals surface area contributed by atoms with E-state index in [4.69, 9.17) is 16.3 Å². The third kappa shape index (κ3) is 3.50. The van der Waals surface area contributed by atoms with Gasteiger partial charge in [-0.1, -0.05) is 60.1 Å². The molecule has 1 aliphatic heterocycles. The van der Waals surface area contributed by atoms with Crippen molar-refractivity contribution in [3.05, 3.63) is 101 Å². The number of fused-ring (bicyclic) bond motifs is 3. The second-order valence-electron chi connectivity index (χ2n) is 7.26. The van der Waals surface area contributed by atoms with Gasteiger partial charge >= 0.3 is 0 Å². The highest BCUT2D eigenvalue weighted by Crippen LogP contribution is 2.40. The van der Waals surface area contributed by atoms with Crippen LogP contribution in [0.15, 0.2) is 78.9 Å². The molecule has 0 radical (unpaired) electrons. The summed E-state index contributed by atoms with van der Waals surface area (Å²) in [6.07, 6.45) is -0.937. The Morgan fingerprint density at radius 2 is 1.65 bits per heavy atom. The van der Waals surface area contributed by atoms with Gasteiger partial charge in [0.2, 0.25) is 0 Å². The number of amides is 1. The highest BCUT2D eigenvalue weighted by Gasteiger charge is 2.38. The van der Waals surface area contributed by atoms with Crippen molar-refractivity contribution in [2.24, 2.45) is 0 Å². The maximum atomic E-state index is 13.9. The molecule has 2 heterocycles. The Kier molecular flexibility index (Phi) is 5.02. The van der Waals surface area contributed by atoms with E-state index >= 15 is 0 Å². The highest BCUT2D eigenvalue weighted by atomic mass is 35.5. The summed E-state index contributed by atoms with van der Waals surface area (Å²) in [6, 6.07) is 24.7. The van der Waals surface area contributed by atoms with Crippen LogP contribution in [0.25, 0.3) is 5.69 Å². The molecule has 0 spiro atoms. The van der Waals surface area contributed by atoms with Crippen molar-refractivity contribution in [3.8, 4) is 5.69 Å². The van der Waals surface area contributed by atoms with E-state index in [1.807, 2.05) is 78.2 Å². The average molecular weight is 431 g/mol. The van der Waals surface area contributed by atoms with Gasteiger partial charge < -0.3 is 4.74 Å². The summed E-state index contributed by atoms with van der Waals surface area (Å²) in [7, 11) is 0. The SMILES string of the molecule is Cc1nnc2n1-c1ccc(Cl)cc1N(c1ccccc1)C(=O)C2OCc1ccccc1. The lowest BCUT2D eigenvalue weighted by molar-refractivity contribution is -0.131. The first-order valence-electron chi connectivity index (χ1n) is 9.90. The standard InChI is InChI=1S/C24H19ClN4O2/c1-16-26-27-23-22(31-15-17-8-4-2-5-9-17)24(30)29(19-10-6-3-7-11-19)21-14-18(25)12-13-20(21)28(16)23/h2-14,22H,15H2,1H3. The van der Waals surface area contributed by atoms with E-state index < -0.39 is 6.10 Å². The summed E-state index contributed by atoms with van der Waals surface area (Å²) in [5.41, 5.74) is 3.11. The van der Waals surface area contributed by atoms with Crippen molar-refractivity contribution < 1.29 is 9.53 Å². The van der Waals surface area contributed by atoms with Crippen LogP contribution in [-0.2, 0) is 16.1 Å². The number of carbonyl (C=O) groups is 1. The molecule has 3 aromatic carbocycles. The lowest BCUT2D eigenvalue weighted by atomic mass is 10.2. The zero-order valence-electron chi connectivity index (χ0n) is 16.8. The van der Waals surface area contributed by atoms with Crippen molar-refractivity contribution >= 4 is 28.9 Å². The molecular formula is C24H19ClN4O2. The van der Waals surface area contributed by atoms with Crippen LogP contribution in [0.5, 0.6) is 0 Å². The molecule has 0 saturated heterocycles. The number of carbonyl (C=O) groups excluding carboxylic acids is 1. The smallest absolute Gasteiger partial charge is 0.268 e. The molecule has 0 N–H and O–H groups in total. The van der Waals surface area contributed by atoms with Gasteiger partial charge in [0.1, 0.15) is 5.82 Å². The maximum Gasteiger partial charge on any atom is 0.268 e. The molecule has 31 heavy (non-hydrogen) atoms. The number of hydrogen-bond donors (Lipinski definition) is 0. The summed E-state index contributed by atoms with van der Waals surface area (Å²) in [6.45, 7) is 2.12. The van der Waals surface area contributed by atoms with Crippen LogP contribution in [0.4, 0.5) is 11.4 Å². The van der Waals surface area contributed by atoms with Crippen LogP contribution < -0.4 is 4.90 Å². The number of nitrogens with zero attached hydrogens (tertiary/aromatic N) is 4. The van der Waals surface area contributed by atoms with Gasteiger partial charge in [-0.05, 0) is 42.8 Å². The van der Waals surface area contributed by atoms with E-state index in [1.54, 1.807) is 17.0 Å². The molecule has 1 amide bonds. The summed E-state index contributed by atoms with van der Waals surface area (Å²) in [4.78, 5) is 15.5. The Balaban J connectivity index is 1.67. The van der Waals surface area contributed by atoms with E-state index in [2.05, 4.69) is 10.2 Å². The van der Waals surface area contributed by atoms with Gasteiger partial charge in [-0.25, -0.2) is 0 Å². The predicted molar refractivity (Wildman–Crippen MR) is 119 cm³/mol. The lowest BCUT2D eigenvalue weighted by Crippen LogP contribution is -2.32. The quantitative estimate of drug-likeness (QED) is 0.448. The maximum absolute atomic E-state index is 13.9. The monoisotopic (exact) mass is 430 g/mol. The molecule has 0 aliphatic carbocycles. The third-order valence-corrected chi connectivity index (χ3v) is 5.46. The molecule has 7 heteroatoms. The first-order chi connectivity index (χ1) is 15.1. The number of para-hydroxylation sites is 1. The molecule has 4 aromatic rings. The normalized spacial score (nSPS) is 15.4. The average Bonchev–Trinajstić information content (AvgIpc) is 3.12. The van der Waals surface area contributed by atoms with Crippen LogP contribution >= 0.6 is 11.6 Å². The van der Waals surface area contributed by atoms with Crippen molar-refractivity contribution in [3.63, 3.8) is 0 Å². The number of anilines is 2. The molecule has 0 saturated carbocycles. The lowest BCUT2D eigenvalue weighted by Gasteiger charge is -2.25. The predicted octanol–water partition coefficient (Wildman–Crippen LogP) is 5.17. The number of benzene rings is 3. The second kappa shape index (κ2) is 7.98. The molecule has 1 unspecified atom stereocenters. The van der Waals surface area contributed by atoms with Gasteiger partial charge in [0, 0.05) is 10.7 Å². The van der Waals surface area contributed by atoms with E-state index in [0.29, 0.717) is 22.4 Å². The number of hydrogen-bond acceptors (Lipinski definition) is 4. The number of ether oxygens (including phenoxy) is 1. The summed E-state index contributed by atoms with van der Waals surface area (Å²) in [5.74, 6) is 0.854. The van der Waals surface area contributed by atoms with Crippen LogP contribution in [0.2, 0.25) is 5.02 Å². The summed E-state index contributed by atoms with van der Waals surface area (Å²) < 4.78 is 8.03. The molecule has 1 aromatic heterocycles. The topological polar surface area (TPSA) is 60.2 Å². The summed E-state index contributed by atoms with van der Waals surface area (Å²) in [5, 5.41) is 9.08. The van der Waals surface area contributed by atoms with Crippen LogP contribution in [0.1, 0.15) is 23.3 Å². The Bertz CT molecular complexity index is 1240. The first kappa shape index (κ1) is 19.5. The van der Waals surface area contributed by atoms with Crippen molar-refractivity contribution in [1.82, 2.24) is 14.8 Å². The Morgan fingerprint density at radius 1 is 0.935 bits per heavy atom. The van der Waals surface area contributed by atoms with Crippen molar-refractivity contribution in [2.45, 2.75) is 19.6 Å².